The normalized spacial score (nSPS) is 12.4. The first-order valence-corrected chi connectivity index (χ1v) is 6.84. The van der Waals surface area contributed by atoms with E-state index < -0.39 is 0 Å². The van der Waals surface area contributed by atoms with Gasteiger partial charge in [0, 0.05) is 29.5 Å². The molecule has 0 amide bonds. The average Bonchev–Trinajstić information content (AvgIpc) is 2.36. The maximum atomic E-state index is 4.20. The van der Waals surface area contributed by atoms with Crippen molar-refractivity contribution in [2.75, 3.05) is 0 Å². The highest BCUT2D eigenvalue weighted by Crippen LogP contribution is 2.18. The number of nitrogens with one attached hydrogen (secondary N) is 1. The zero-order valence-corrected chi connectivity index (χ0v) is 12.2. The summed E-state index contributed by atoms with van der Waals surface area (Å²) in [7, 11) is 0. The van der Waals surface area contributed by atoms with Gasteiger partial charge in [0.2, 0.25) is 0 Å². The van der Waals surface area contributed by atoms with E-state index in [9.17, 15) is 0 Å². The third kappa shape index (κ3) is 3.65. The Kier molecular flexibility index (Phi) is 4.50. The van der Waals surface area contributed by atoms with Crippen LogP contribution in [0.25, 0.3) is 0 Å². The monoisotopic (exact) mass is 304 g/mol. The molecule has 0 aliphatic heterocycles. The van der Waals surface area contributed by atoms with Crippen LogP contribution in [0.1, 0.15) is 29.7 Å². The van der Waals surface area contributed by atoms with E-state index in [4.69, 9.17) is 0 Å². The van der Waals surface area contributed by atoms with Gasteiger partial charge < -0.3 is 5.32 Å². The maximum absolute atomic E-state index is 4.20. The lowest BCUT2D eigenvalue weighted by Gasteiger charge is -2.14. The van der Waals surface area contributed by atoms with E-state index in [1.807, 2.05) is 18.5 Å². The fraction of sp³-hybridized carbons (Fsp3) is 0.267. The molecule has 0 spiro atoms. The largest absolute Gasteiger partial charge is 0.306 e. The second kappa shape index (κ2) is 6.12. The third-order valence-electron chi connectivity index (χ3n) is 2.89. The molecule has 0 fully saturated rings. The molecule has 0 aliphatic carbocycles. The smallest absolute Gasteiger partial charge is 0.0313 e. The Morgan fingerprint density at radius 3 is 2.83 bits per heavy atom. The lowest BCUT2D eigenvalue weighted by atomic mass is 10.1. The van der Waals surface area contributed by atoms with Gasteiger partial charge >= 0.3 is 0 Å². The molecule has 0 saturated carbocycles. The molecule has 0 radical (unpaired) electrons. The Labute approximate surface area is 117 Å². The SMILES string of the molecule is Cc1cncc(CN[C@H](C)c2cccc(Br)c2)c1. The first-order valence-electron chi connectivity index (χ1n) is 6.04. The summed E-state index contributed by atoms with van der Waals surface area (Å²) in [5.41, 5.74) is 3.70. The number of aromatic nitrogens is 1. The number of hydrogen-bond donors (Lipinski definition) is 1. The minimum Gasteiger partial charge on any atom is -0.306 e. The van der Waals surface area contributed by atoms with Crippen molar-refractivity contribution in [1.82, 2.24) is 10.3 Å². The molecule has 0 bridgehead atoms. The number of pyridine rings is 1. The Balaban J connectivity index is 1.98. The fourth-order valence-electron chi connectivity index (χ4n) is 1.88. The van der Waals surface area contributed by atoms with Crippen LogP contribution in [0.3, 0.4) is 0 Å². The number of benzene rings is 1. The predicted octanol–water partition coefficient (Wildman–Crippen LogP) is 4.00. The molecule has 1 aromatic carbocycles. The Morgan fingerprint density at radius 1 is 1.28 bits per heavy atom. The predicted molar refractivity (Wildman–Crippen MR) is 78.4 cm³/mol. The summed E-state index contributed by atoms with van der Waals surface area (Å²) in [6.07, 6.45) is 3.79. The van der Waals surface area contributed by atoms with Gasteiger partial charge in [-0.1, -0.05) is 34.1 Å². The maximum Gasteiger partial charge on any atom is 0.0313 e. The summed E-state index contributed by atoms with van der Waals surface area (Å²) in [6.45, 7) is 5.07. The van der Waals surface area contributed by atoms with Gasteiger partial charge in [-0.2, -0.15) is 0 Å². The second-order valence-electron chi connectivity index (χ2n) is 4.53. The van der Waals surface area contributed by atoms with Crippen LogP contribution >= 0.6 is 15.9 Å². The van der Waals surface area contributed by atoms with Crippen molar-refractivity contribution in [2.24, 2.45) is 0 Å². The Hall–Kier alpha value is -1.19. The highest BCUT2D eigenvalue weighted by atomic mass is 79.9. The van der Waals surface area contributed by atoms with Crippen LogP contribution in [-0.4, -0.2) is 4.98 Å². The van der Waals surface area contributed by atoms with E-state index in [0.29, 0.717) is 6.04 Å². The van der Waals surface area contributed by atoms with E-state index in [1.165, 1.54) is 16.7 Å². The minimum atomic E-state index is 0.322. The van der Waals surface area contributed by atoms with Crippen LogP contribution in [-0.2, 0) is 6.54 Å². The van der Waals surface area contributed by atoms with Gasteiger partial charge in [0.15, 0.2) is 0 Å². The van der Waals surface area contributed by atoms with Crippen molar-refractivity contribution in [3.05, 3.63) is 63.9 Å². The van der Waals surface area contributed by atoms with Crippen LogP contribution < -0.4 is 5.32 Å². The van der Waals surface area contributed by atoms with E-state index in [2.05, 4.69) is 64.3 Å². The van der Waals surface area contributed by atoms with Gasteiger partial charge in [-0.05, 0) is 42.7 Å². The molecule has 1 atom stereocenters. The van der Waals surface area contributed by atoms with Crippen molar-refractivity contribution < 1.29 is 0 Å². The molecule has 2 rings (SSSR count). The number of halogens is 1. The van der Waals surface area contributed by atoms with Crippen LogP contribution in [0, 0.1) is 6.92 Å². The van der Waals surface area contributed by atoms with Gasteiger partial charge in [-0.15, -0.1) is 0 Å². The molecule has 2 aromatic rings. The van der Waals surface area contributed by atoms with Crippen molar-refractivity contribution >= 4 is 15.9 Å². The van der Waals surface area contributed by atoms with E-state index in [-0.39, 0.29) is 0 Å². The quantitative estimate of drug-likeness (QED) is 0.923. The molecule has 1 heterocycles. The molecule has 0 unspecified atom stereocenters. The average molecular weight is 305 g/mol. The number of aryl methyl sites for hydroxylation is 1. The molecule has 0 aliphatic rings. The molecule has 1 N–H and O–H groups in total. The summed E-state index contributed by atoms with van der Waals surface area (Å²) < 4.78 is 1.12. The third-order valence-corrected chi connectivity index (χ3v) is 3.39. The summed E-state index contributed by atoms with van der Waals surface area (Å²) in [5.74, 6) is 0. The first kappa shape index (κ1) is 13.2. The van der Waals surface area contributed by atoms with Gasteiger partial charge in [-0.3, -0.25) is 4.98 Å². The number of hydrogen-bond acceptors (Lipinski definition) is 2. The summed E-state index contributed by atoms with van der Waals surface area (Å²) in [6, 6.07) is 10.9. The van der Waals surface area contributed by atoms with Crippen molar-refractivity contribution in [1.29, 1.82) is 0 Å². The van der Waals surface area contributed by atoms with E-state index >= 15 is 0 Å². The molecular formula is C15H17BrN2. The highest BCUT2D eigenvalue weighted by Gasteiger charge is 2.05. The van der Waals surface area contributed by atoms with Crippen LogP contribution in [0.5, 0.6) is 0 Å². The van der Waals surface area contributed by atoms with Crippen LogP contribution in [0.2, 0.25) is 0 Å². The lowest BCUT2D eigenvalue weighted by Crippen LogP contribution is -2.18. The van der Waals surface area contributed by atoms with Crippen molar-refractivity contribution in [3.63, 3.8) is 0 Å². The fourth-order valence-corrected chi connectivity index (χ4v) is 2.30. The molecule has 2 nitrogen and oxygen atoms in total. The molecule has 0 saturated heterocycles. The topological polar surface area (TPSA) is 24.9 Å². The zero-order valence-electron chi connectivity index (χ0n) is 10.7. The van der Waals surface area contributed by atoms with Gasteiger partial charge in [0.05, 0.1) is 0 Å². The van der Waals surface area contributed by atoms with E-state index in [1.54, 1.807) is 0 Å². The second-order valence-corrected chi connectivity index (χ2v) is 5.44. The molecule has 3 heteroatoms. The zero-order chi connectivity index (χ0) is 13.0. The molecule has 1 aromatic heterocycles. The van der Waals surface area contributed by atoms with Gasteiger partial charge in [-0.25, -0.2) is 0 Å². The van der Waals surface area contributed by atoms with Crippen molar-refractivity contribution in [3.8, 4) is 0 Å². The van der Waals surface area contributed by atoms with Crippen LogP contribution in [0.4, 0.5) is 0 Å². The first-order chi connectivity index (χ1) is 8.65. The standard InChI is InChI=1S/C15H17BrN2/c1-11-6-13(9-17-8-11)10-18-12(2)14-4-3-5-15(16)7-14/h3-9,12,18H,10H2,1-2H3/t12-/m1/s1. The Morgan fingerprint density at radius 2 is 2.11 bits per heavy atom. The number of rotatable bonds is 4. The molecular weight excluding hydrogens is 288 g/mol. The summed E-state index contributed by atoms with van der Waals surface area (Å²) in [4.78, 5) is 4.20. The minimum absolute atomic E-state index is 0.322. The summed E-state index contributed by atoms with van der Waals surface area (Å²) >= 11 is 3.50. The molecule has 18 heavy (non-hydrogen) atoms. The lowest BCUT2D eigenvalue weighted by molar-refractivity contribution is 0.573. The van der Waals surface area contributed by atoms with Crippen LogP contribution in [0.15, 0.2) is 47.2 Å². The number of nitrogens with zero attached hydrogens (tertiary/aromatic N) is 1. The Bertz CT molecular complexity index is 525. The summed E-state index contributed by atoms with van der Waals surface area (Å²) in [5, 5.41) is 3.51. The van der Waals surface area contributed by atoms with Gasteiger partial charge in [0.25, 0.3) is 0 Å². The molecule has 94 valence electrons. The van der Waals surface area contributed by atoms with Crippen molar-refractivity contribution in [2.45, 2.75) is 26.4 Å². The van der Waals surface area contributed by atoms with Gasteiger partial charge in [0.1, 0.15) is 0 Å². The van der Waals surface area contributed by atoms with E-state index in [0.717, 1.165) is 11.0 Å². The highest BCUT2D eigenvalue weighted by molar-refractivity contribution is 9.10.